The van der Waals surface area contributed by atoms with Crippen LogP contribution in [-0.4, -0.2) is 35.2 Å². The van der Waals surface area contributed by atoms with E-state index >= 15 is 0 Å². The van der Waals surface area contributed by atoms with Gasteiger partial charge in [-0.15, -0.1) is 12.6 Å². The second-order valence-corrected chi connectivity index (χ2v) is 6.79. The third kappa shape index (κ3) is 4.83. The zero-order chi connectivity index (χ0) is 20.3. The molecular formula is C17H18F3N3O4S. The van der Waals surface area contributed by atoms with E-state index in [1.54, 1.807) is 12.1 Å². The van der Waals surface area contributed by atoms with Crippen LogP contribution in [0, 0.1) is 5.92 Å². The molecule has 0 spiro atoms. The fourth-order valence-electron chi connectivity index (χ4n) is 2.80. The van der Waals surface area contributed by atoms with Crippen LogP contribution in [0.3, 0.4) is 0 Å². The minimum absolute atomic E-state index is 0.175. The number of methoxy groups -OCH3 is 1. The number of hydrogen-bond donors (Lipinski definition) is 2. The lowest BCUT2D eigenvalue weighted by Crippen LogP contribution is -2.38. The standard InChI is InChI=1S/C17H18F3N3O4S/c1-25-15(22-14(24)11-6-7-26-12(28)8-11)10-4-2-9(3-5-10)13-21-16(27-23-13)17(18,19)20/h2-5,11-12,15,28H,6-8H2,1H3,(H,22,24). The van der Waals surface area contributed by atoms with Crippen LogP contribution in [0.5, 0.6) is 0 Å². The molecule has 1 aromatic carbocycles. The Morgan fingerprint density at radius 3 is 2.64 bits per heavy atom. The zero-order valence-corrected chi connectivity index (χ0v) is 15.7. The summed E-state index contributed by atoms with van der Waals surface area (Å²) < 4.78 is 52.6. The molecule has 3 atom stereocenters. The van der Waals surface area contributed by atoms with Crippen molar-refractivity contribution in [2.75, 3.05) is 13.7 Å². The number of carbonyl (C=O) groups excluding carboxylic acids is 1. The van der Waals surface area contributed by atoms with Gasteiger partial charge < -0.3 is 19.3 Å². The molecule has 1 fully saturated rings. The van der Waals surface area contributed by atoms with Gasteiger partial charge in [-0.2, -0.15) is 18.2 Å². The molecule has 11 heteroatoms. The van der Waals surface area contributed by atoms with Gasteiger partial charge in [-0.1, -0.05) is 29.4 Å². The fourth-order valence-corrected chi connectivity index (χ4v) is 3.16. The topological polar surface area (TPSA) is 86.5 Å². The quantitative estimate of drug-likeness (QED) is 0.574. The minimum atomic E-state index is -4.70. The third-order valence-electron chi connectivity index (χ3n) is 4.28. The van der Waals surface area contributed by atoms with E-state index in [0.717, 1.165) is 0 Å². The van der Waals surface area contributed by atoms with E-state index in [4.69, 9.17) is 9.47 Å². The number of carbonyl (C=O) groups is 1. The lowest BCUT2D eigenvalue weighted by atomic mass is 9.99. The molecule has 0 radical (unpaired) electrons. The van der Waals surface area contributed by atoms with Gasteiger partial charge in [0.2, 0.25) is 11.7 Å². The van der Waals surface area contributed by atoms with Crippen LogP contribution in [0.25, 0.3) is 11.4 Å². The average Bonchev–Trinajstić information content (AvgIpc) is 3.17. The SMILES string of the molecule is COC(NC(=O)C1CCOC(S)C1)c1ccc(-c2noc(C(F)(F)F)n2)cc1. The van der Waals surface area contributed by atoms with E-state index < -0.39 is 18.3 Å². The van der Waals surface area contributed by atoms with Crippen molar-refractivity contribution in [1.29, 1.82) is 0 Å². The number of nitrogens with one attached hydrogen (secondary N) is 1. The number of alkyl halides is 3. The van der Waals surface area contributed by atoms with Gasteiger partial charge in [0.05, 0.1) is 0 Å². The second-order valence-electron chi connectivity index (χ2n) is 6.21. The Hall–Kier alpha value is -2.11. The van der Waals surface area contributed by atoms with Crippen LogP contribution >= 0.6 is 12.6 Å². The van der Waals surface area contributed by atoms with Gasteiger partial charge in [-0.3, -0.25) is 4.79 Å². The van der Waals surface area contributed by atoms with Gasteiger partial charge in [-0.05, 0) is 12.8 Å². The first-order valence-electron chi connectivity index (χ1n) is 8.42. The Morgan fingerprint density at radius 2 is 2.07 bits per heavy atom. The predicted molar refractivity (Wildman–Crippen MR) is 94.1 cm³/mol. The smallest absolute Gasteiger partial charge is 0.368 e. The molecule has 0 bridgehead atoms. The van der Waals surface area contributed by atoms with E-state index in [1.165, 1.54) is 19.2 Å². The maximum Gasteiger partial charge on any atom is 0.471 e. The number of aromatic nitrogens is 2. The Kier molecular flexibility index (Phi) is 6.26. The highest BCUT2D eigenvalue weighted by molar-refractivity contribution is 7.80. The largest absolute Gasteiger partial charge is 0.471 e. The summed E-state index contributed by atoms with van der Waals surface area (Å²) in [7, 11) is 1.44. The Bertz CT molecular complexity index is 813. The molecule has 3 rings (SSSR count). The molecule has 1 aliphatic heterocycles. The van der Waals surface area contributed by atoms with Gasteiger partial charge in [0.25, 0.3) is 0 Å². The van der Waals surface area contributed by atoms with E-state index in [-0.39, 0.29) is 23.1 Å². The number of hydrogen-bond acceptors (Lipinski definition) is 7. The van der Waals surface area contributed by atoms with Crippen LogP contribution < -0.4 is 5.32 Å². The van der Waals surface area contributed by atoms with Gasteiger partial charge in [0.1, 0.15) is 5.44 Å². The zero-order valence-electron chi connectivity index (χ0n) is 14.8. The van der Waals surface area contributed by atoms with Crippen molar-refractivity contribution < 1.29 is 32.0 Å². The first-order valence-corrected chi connectivity index (χ1v) is 8.93. The first kappa shape index (κ1) is 20.6. The molecule has 0 aliphatic carbocycles. The molecule has 1 N–H and O–H groups in total. The highest BCUT2D eigenvalue weighted by Gasteiger charge is 2.38. The Labute approximate surface area is 164 Å². The Morgan fingerprint density at radius 1 is 1.36 bits per heavy atom. The third-order valence-corrected chi connectivity index (χ3v) is 4.64. The molecule has 0 saturated carbocycles. The van der Waals surface area contributed by atoms with Gasteiger partial charge in [-0.25, -0.2) is 0 Å². The monoisotopic (exact) mass is 417 g/mol. The van der Waals surface area contributed by atoms with Crippen LogP contribution in [0.15, 0.2) is 28.8 Å². The average molecular weight is 417 g/mol. The maximum absolute atomic E-state index is 12.6. The number of thiol groups is 1. The summed E-state index contributed by atoms with van der Waals surface area (Å²) in [6.45, 7) is 0.462. The van der Waals surface area contributed by atoms with E-state index in [1.807, 2.05) is 0 Å². The molecule has 1 aromatic heterocycles. The van der Waals surface area contributed by atoms with Crippen molar-refractivity contribution in [2.24, 2.45) is 5.92 Å². The van der Waals surface area contributed by atoms with Crippen molar-refractivity contribution in [1.82, 2.24) is 15.5 Å². The summed E-state index contributed by atoms with van der Waals surface area (Å²) in [6, 6.07) is 6.27. The van der Waals surface area contributed by atoms with E-state index in [9.17, 15) is 18.0 Å². The molecule has 3 unspecified atom stereocenters. The highest BCUT2D eigenvalue weighted by atomic mass is 32.1. The lowest BCUT2D eigenvalue weighted by Gasteiger charge is -2.27. The summed E-state index contributed by atoms with van der Waals surface area (Å²) in [6.07, 6.45) is -4.31. The first-order chi connectivity index (χ1) is 13.3. The molecular weight excluding hydrogens is 399 g/mol. The molecule has 28 heavy (non-hydrogen) atoms. The van der Waals surface area contributed by atoms with E-state index in [0.29, 0.717) is 30.6 Å². The highest BCUT2D eigenvalue weighted by Crippen LogP contribution is 2.30. The van der Waals surface area contributed by atoms with Gasteiger partial charge >= 0.3 is 12.1 Å². The molecule has 7 nitrogen and oxygen atoms in total. The lowest BCUT2D eigenvalue weighted by molar-refractivity contribution is -0.159. The summed E-state index contributed by atoms with van der Waals surface area (Å²) >= 11 is 4.24. The number of halogens is 3. The number of benzene rings is 1. The number of nitrogens with zero attached hydrogens (tertiary/aromatic N) is 2. The van der Waals surface area contributed by atoms with Gasteiger partial charge in [0.15, 0.2) is 6.23 Å². The van der Waals surface area contributed by atoms with Crippen molar-refractivity contribution >= 4 is 18.5 Å². The predicted octanol–water partition coefficient (Wildman–Crippen LogP) is 3.20. The maximum atomic E-state index is 12.6. The van der Waals surface area contributed by atoms with Crippen molar-refractivity contribution in [3.05, 3.63) is 35.7 Å². The number of rotatable bonds is 5. The van der Waals surface area contributed by atoms with Crippen LogP contribution in [0.1, 0.15) is 30.5 Å². The number of ether oxygens (including phenoxy) is 2. The van der Waals surface area contributed by atoms with Crippen LogP contribution in [-0.2, 0) is 20.4 Å². The van der Waals surface area contributed by atoms with Gasteiger partial charge in [0, 0.05) is 30.8 Å². The summed E-state index contributed by atoms with van der Waals surface area (Å²) in [5.41, 5.74) is 0.682. The molecule has 1 aliphatic rings. The summed E-state index contributed by atoms with van der Waals surface area (Å²) in [5, 5.41) is 6.15. The molecule has 2 heterocycles. The van der Waals surface area contributed by atoms with E-state index in [2.05, 4.69) is 32.6 Å². The van der Waals surface area contributed by atoms with Crippen molar-refractivity contribution in [3.63, 3.8) is 0 Å². The Balaban J connectivity index is 1.68. The normalized spacial score (nSPS) is 21.3. The van der Waals surface area contributed by atoms with Crippen molar-refractivity contribution in [2.45, 2.75) is 30.7 Å². The van der Waals surface area contributed by atoms with Crippen LogP contribution in [0.4, 0.5) is 13.2 Å². The summed E-state index contributed by atoms with van der Waals surface area (Å²) in [4.78, 5) is 15.8. The van der Waals surface area contributed by atoms with Crippen LogP contribution in [0.2, 0.25) is 0 Å². The fraction of sp³-hybridized carbons (Fsp3) is 0.471. The molecule has 1 saturated heterocycles. The molecule has 152 valence electrons. The summed E-state index contributed by atoms with van der Waals surface area (Å²) in [5.74, 6) is -1.99. The van der Waals surface area contributed by atoms with Crippen molar-refractivity contribution in [3.8, 4) is 11.4 Å². The number of amides is 1. The minimum Gasteiger partial charge on any atom is -0.368 e. The molecule has 1 amide bonds. The molecule has 2 aromatic rings. The second kappa shape index (κ2) is 8.50.